The summed E-state index contributed by atoms with van der Waals surface area (Å²) in [7, 11) is 0. The van der Waals surface area contributed by atoms with Gasteiger partial charge in [-0.25, -0.2) is 0 Å². The second kappa shape index (κ2) is 9.66. The first-order valence-corrected chi connectivity index (χ1v) is 14.1. The minimum atomic E-state index is 1.13. The fraction of sp³-hybridized carbons (Fsp3) is 0. The first kappa shape index (κ1) is 23.5. The number of para-hydroxylation sites is 1. The molecule has 8 aromatic carbocycles. The molecule has 41 heavy (non-hydrogen) atoms. The quantitative estimate of drug-likeness (QED) is 0.208. The summed E-state index contributed by atoms with van der Waals surface area (Å²) in [5.74, 6) is 0. The third-order valence-electron chi connectivity index (χ3n) is 8.21. The minimum Gasteiger partial charge on any atom is -0.310 e. The minimum absolute atomic E-state index is 1.13. The van der Waals surface area contributed by atoms with Crippen LogP contribution in [0, 0.1) is 0 Å². The molecular formula is C40H27N. The van der Waals surface area contributed by atoms with Crippen LogP contribution >= 0.6 is 0 Å². The van der Waals surface area contributed by atoms with Crippen LogP contribution in [0.3, 0.4) is 0 Å². The van der Waals surface area contributed by atoms with Crippen LogP contribution < -0.4 is 4.90 Å². The Hall–Kier alpha value is -5.40. The monoisotopic (exact) mass is 521 g/mol. The fourth-order valence-corrected chi connectivity index (χ4v) is 6.29. The second-order valence-corrected chi connectivity index (χ2v) is 10.6. The predicted octanol–water partition coefficient (Wildman–Crippen LogP) is 11.4. The second-order valence-electron chi connectivity index (χ2n) is 10.6. The molecule has 0 bridgehead atoms. The van der Waals surface area contributed by atoms with E-state index in [2.05, 4.69) is 169 Å². The molecule has 0 radical (unpaired) electrons. The fourth-order valence-electron chi connectivity index (χ4n) is 6.29. The highest BCUT2D eigenvalue weighted by molar-refractivity contribution is 6.27. The molecule has 8 rings (SSSR count). The van der Waals surface area contributed by atoms with Crippen molar-refractivity contribution in [1.29, 1.82) is 0 Å². The van der Waals surface area contributed by atoms with Crippen LogP contribution in [0.5, 0.6) is 0 Å². The molecule has 0 saturated heterocycles. The maximum atomic E-state index is 2.40. The van der Waals surface area contributed by atoms with Gasteiger partial charge in [0.2, 0.25) is 0 Å². The highest BCUT2D eigenvalue weighted by Gasteiger charge is 2.19. The Morgan fingerprint density at radius 3 is 1.66 bits per heavy atom. The van der Waals surface area contributed by atoms with E-state index in [1.54, 1.807) is 0 Å². The van der Waals surface area contributed by atoms with Gasteiger partial charge in [0, 0.05) is 16.8 Å². The van der Waals surface area contributed by atoms with E-state index in [1.165, 1.54) is 59.9 Å². The summed E-state index contributed by atoms with van der Waals surface area (Å²) in [6.07, 6.45) is 0. The normalized spacial score (nSPS) is 11.4. The zero-order valence-corrected chi connectivity index (χ0v) is 22.5. The molecule has 192 valence electrons. The molecule has 0 atom stereocenters. The highest BCUT2D eigenvalue weighted by Crippen LogP contribution is 2.45. The van der Waals surface area contributed by atoms with Crippen molar-refractivity contribution in [2.45, 2.75) is 0 Å². The molecule has 1 heteroatoms. The molecule has 0 unspecified atom stereocenters. The van der Waals surface area contributed by atoms with Gasteiger partial charge in [-0.2, -0.15) is 0 Å². The molecule has 0 N–H and O–H groups in total. The Bertz CT molecular complexity index is 2180. The molecule has 0 aromatic heterocycles. The van der Waals surface area contributed by atoms with Crippen molar-refractivity contribution < 1.29 is 0 Å². The topological polar surface area (TPSA) is 3.24 Å². The molecule has 0 saturated carbocycles. The SMILES string of the molecule is c1ccc(-c2ccc(N(c3ccccc3)c3cc4ccccc4c4c3ccc3c5ccccc5ccc34)cc2)cc1. The maximum absolute atomic E-state index is 2.40. The van der Waals surface area contributed by atoms with Crippen LogP contribution in [0.1, 0.15) is 0 Å². The molecule has 0 aliphatic rings. The molecule has 0 aliphatic heterocycles. The maximum Gasteiger partial charge on any atom is 0.0546 e. The van der Waals surface area contributed by atoms with E-state index in [4.69, 9.17) is 0 Å². The van der Waals surface area contributed by atoms with E-state index in [9.17, 15) is 0 Å². The van der Waals surface area contributed by atoms with Gasteiger partial charge in [0.05, 0.1) is 5.69 Å². The highest BCUT2D eigenvalue weighted by atomic mass is 15.1. The van der Waals surface area contributed by atoms with Crippen molar-refractivity contribution in [3.05, 3.63) is 164 Å². The predicted molar refractivity (Wildman–Crippen MR) is 177 cm³/mol. The van der Waals surface area contributed by atoms with Gasteiger partial charge in [-0.05, 0) is 79.2 Å². The summed E-state index contributed by atoms with van der Waals surface area (Å²) in [5.41, 5.74) is 5.87. The lowest BCUT2D eigenvalue weighted by Crippen LogP contribution is -2.10. The smallest absolute Gasteiger partial charge is 0.0546 e. The Morgan fingerprint density at radius 2 is 0.878 bits per heavy atom. The van der Waals surface area contributed by atoms with Gasteiger partial charge >= 0.3 is 0 Å². The number of rotatable bonds is 4. The van der Waals surface area contributed by atoms with E-state index in [0.717, 1.165) is 11.4 Å². The lowest BCUT2D eigenvalue weighted by Gasteiger charge is -2.28. The van der Waals surface area contributed by atoms with Crippen molar-refractivity contribution in [3.63, 3.8) is 0 Å². The first-order valence-electron chi connectivity index (χ1n) is 14.1. The summed E-state index contributed by atoms with van der Waals surface area (Å²) in [5, 5.41) is 10.2. The van der Waals surface area contributed by atoms with Crippen molar-refractivity contribution in [2.75, 3.05) is 4.90 Å². The number of benzene rings is 8. The van der Waals surface area contributed by atoms with Gasteiger partial charge in [-0.15, -0.1) is 0 Å². The summed E-state index contributed by atoms with van der Waals surface area (Å²) in [4.78, 5) is 2.40. The van der Waals surface area contributed by atoms with E-state index in [1.807, 2.05) is 0 Å². The molecule has 0 fully saturated rings. The Morgan fingerprint density at radius 1 is 0.317 bits per heavy atom. The van der Waals surface area contributed by atoms with Crippen LogP contribution in [-0.4, -0.2) is 0 Å². The van der Waals surface area contributed by atoms with Crippen LogP contribution in [0.25, 0.3) is 54.2 Å². The number of hydrogen-bond acceptors (Lipinski definition) is 1. The third-order valence-corrected chi connectivity index (χ3v) is 8.21. The Labute approximate surface area is 239 Å². The van der Waals surface area contributed by atoms with Gasteiger partial charge in [0.15, 0.2) is 0 Å². The number of hydrogen-bond donors (Lipinski definition) is 0. The lowest BCUT2D eigenvalue weighted by molar-refractivity contribution is 1.30. The van der Waals surface area contributed by atoms with Crippen LogP contribution in [0.15, 0.2) is 164 Å². The van der Waals surface area contributed by atoms with Gasteiger partial charge in [-0.1, -0.05) is 133 Å². The van der Waals surface area contributed by atoms with Gasteiger partial charge < -0.3 is 4.90 Å². The van der Waals surface area contributed by atoms with Crippen LogP contribution in [0.2, 0.25) is 0 Å². The largest absolute Gasteiger partial charge is 0.310 e. The number of anilines is 3. The van der Waals surface area contributed by atoms with Gasteiger partial charge in [0.25, 0.3) is 0 Å². The average Bonchev–Trinajstić information content (AvgIpc) is 3.05. The summed E-state index contributed by atoms with van der Waals surface area (Å²) >= 11 is 0. The van der Waals surface area contributed by atoms with E-state index >= 15 is 0 Å². The zero-order valence-electron chi connectivity index (χ0n) is 22.5. The standard InChI is InChI=1S/C40H27N/c1-3-11-28(12-4-1)29-19-22-33(23-20-29)41(32-15-5-2-6-16-32)39-27-31-14-8-10-18-35(31)40-37-24-21-30-13-7-9-17-34(30)36(37)25-26-38(39)40/h1-27H. The van der Waals surface area contributed by atoms with Crippen LogP contribution in [-0.2, 0) is 0 Å². The molecule has 0 spiro atoms. The summed E-state index contributed by atoms with van der Waals surface area (Å²) in [6, 6.07) is 59.2. The Balaban J connectivity index is 1.43. The van der Waals surface area contributed by atoms with E-state index in [0.29, 0.717) is 0 Å². The Kier molecular flexibility index (Phi) is 5.53. The molecule has 8 aromatic rings. The number of fused-ring (bicyclic) bond motifs is 7. The zero-order chi connectivity index (χ0) is 27.2. The van der Waals surface area contributed by atoms with Crippen molar-refractivity contribution in [2.24, 2.45) is 0 Å². The van der Waals surface area contributed by atoms with Crippen LogP contribution in [0.4, 0.5) is 17.1 Å². The molecule has 0 heterocycles. The molecule has 0 amide bonds. The van der Waals surface area contributed by atoms with Gasteiger partial charge in [0.1, 0.15) is 0 Å². The lowest BCUT2D eigenvalue weighted by atomic mass is 9.92. The summed E-state index contributed by atoms with van der Waals surface area (Å²) in [6.45, 7) is 0. The summed E-state index contributed by atoms with van der Waals surface area (Å²) < 4.78 is 0. The average molecular weight is 522 g/mol. The molecular weight excluding hydrogens is 494 g/mol. The van der Waals surface area contributed by atoms with E-state index < -0.39 is 0 Å². The third kappa shape index (κ3) is 3.94. The number of nitrogens with zero attached hydrogens (tertiary/aromatic N) is 1. The van der Waals surface area contributed by atoms with Crippen molar-refractivity contribution in [1.82, 2.24) is 0 Å². The molecule has 1 nitrogen and oxygen atoms in total. The van der Waals surface area contributed by atoms with E-state index in [-0.39, 0.29) is 0 Å². The van der Waals surface area contributed by atoms with Gasteiger partial charge in [-0.3, -0.25) is 0 Å². The van der Waals surface area contributed by atoms with Crippen molar-refractivity contribution in [3.8, 4) is 11.1 Å². The first-order chi connectivity index (χ1) is 20.3. The van der Waals surface area contributed by atoms with Crippen molar-refractivity contribution >= 4 is 60.2 Å². The molecule has 0 aliphatic carbocycles.